The monoisotopic (exact) mass is 191 g/mol. The van der Waals surface area contributed by atoms with E-state index in [0.717, 1.165) is 0 Å². The summed E-state index contributed by atoms with van der Waals surface area (Å²) in [5, 5.41) is 2.66. The van der Waals surface area contributed by atoms with Gasteiger partial charge in [0.05, 0.1) is 20.2 Å². The number of rotatable bonds is 6. The molecular formula is C7H13NO3S. The van der Waals surface area contributed by atoms with Crippen molar-refractivity contribution < 1.29 is 14.3 Å². The zero-order valence-electron chi connectivity index (χ0n) is 7.00. The maximum Gasteiger partial charge on any atom is 0.319 e. The van der Waals surface area contributed by atoms with Gasteiger partial charge in [-0.25, -0.2) is 0 Å². The second kappa shape index (κ2) is 7.12. The number of ketones is 1. The molecule has 0 fully saturated rings. The predicted molar refractivity (Wildman–Crippen MR) is 48.4 cm³/mol. The fraction of sp³-hybridized carbons (Fsp3) is 0.714. The van der Waals surface area contributed by atoms with Gasteiger partial charge < -0.3 is 10.1 Å². The summed E-state index contributed by atoms with van der Waals surface area (Å²) in [6, 6.07) is 0. The number of thiol groups is 1. The molecule has 0 spiro atoms. The molecule has 0 amide bonds. The summed E-state index contributed by atoms with van der Waals surface area (Å²) in [6.07, 6.45) is 0.428. The minimum atomic E-state index is -0.367. The van der Waals surface area contributed by atoms with Gasteiger partial charge in [-0.3, -0.25) is 9.59 Å². The summed E-state index contributed by atoms with van der Waals surface area (Å²) in [6.45, 7) is 0.282. The molecule has 0 aromatic carbocycles. The van der Waals surface area contributed by atoms with Gasteiger partial charge in [0, 0.05) is 6.42 Å². The first-order valence-electron chi connectivity index (χ1n) is 3.60. The van der Waals surface area contributed by atoms with E-state index in [-0.39, 0.29) is 24.8 Å². The number of esters is 1. The van der Waals surface area contributed by atoms with Crippen LogP contribution in [0.5, 0.6) is 0 Å². The van der Waals surface area contributed by atoms with Crippen LogP contribution in [-0.4, -0.2) is 37.7 Å². The molecule has 0 aliphatic carbocycles. The number of nitrogens with one attached hydrogen (secondary N) is 1. The molecule has 0 saturated carbocycles. The van der Waals surface area contributed by atoms with Gasteiger partial charge in [-0.2, -0.15) is 12.6 Å². The lowest BCUT2D eigenvalue weighted by Crippen LogP contribution is -2.29. The van der Waals surface area contributed by atoms with Crippen LogP contribution in [-0.2, 0) is 14.3 Å². The Morgan fingerprint density at radius 1 is 1.42 bits per heavy atom. The highest BCUT2D eigenvalue weighted by molar-refractivity contribution is 7.80. The van der Waals surface area contributed by atoms with Crippen LogP contribution in [0.4, 0.5) is 0 Å². The Morgan fingerprint density at radius 3 is 2.58 bits per heavy atom. The van der Waals surface area contributed by atoms with Crippen molar-refractivity contribution >= 4 is 24.4 Å². The zero-order chi connectivity index (χ0) is 9.40. The number of methoxy groups -OCH3 is 1. The lowest BCUT2D eigenvalue weighted by atomic mass is 10.3. The molecule has 0 aromatic heterocycles. The fourth-order valence-electron chi connectivity index (χ4n) is 0.589. The number of carbonyl (C=O) groups excluding carboxylic acids is 2. The zero-order valence-corrected chi connectivity index (χ0v) is 7.89. The molecule has 70 valence electrons. The SMILES string of the molecule is COC(=O)CNCC(=O)CCS. The van der Waals surface area contributed by atoms with Crippen molar-refractivity contribution in [2.45, 2.75) is 6.42 Å². The van der Waals surface area contributed by atoms with Crippen LogP contribution in [0.25, 0.3) is 0 Å². The van der Waals surface area contributed by atoms with E-state index >= 15 is 0 Å². The van der Waals surface area contributed by atoms with Crippen molar-refractivity contribution in [1.82, 2.24) is 5.32 Å². The molecule has 0 heterocycles. The smallest absolute Gasteiger partial charge is 0.319 e. The summed E-state index contributed by atoms with van der Waals surface area (Å²) in [7, 11) is 1.31. The molecular weight excluding hydrogens is 178 g/mol. The number of Topliss-reactive ketones (excluding diaryl/α,β-unsaturated/α-hetero) is 1. The Morgan fingerprint density at radius 2 is 2.08 bits per heavy atom. The summed E-state index contributed by atoms with van der Waals surface area (Å²) in [5.41, 5.74) is 0. The van der Waals surface area contributed by atoms with E-state index in [1.54, 1.807) is 0 Å². The highest BCUT2D eigenvalue weighted by Crippen LogP contribution is 1.84. The quantitative estimate of drug-likeness (QED) is 0.444. The molecule has 0 unspecified atom stereocenters. The van der Waals surface area contributed by atoms with Crippen molar-refractivity contribution in [2.75, 3.05) is 26.0 Å². The van der Waals surface area contributed by atoms with Crippen molar-refractivity contribution in [1.29, 1.82) is 0 Å². The van der Waals surface area contributed by atoms with E-state index in [1.165, 1.54) is 7.11 Å². The maximum absolute atomic E-state index is 10.8. The van der Waals surface area contributed by atoms with Crippen molar-refractivity contribution in [3.05, 3.63) is 0 Å². The fourth-order valence-corrected chi connectivity index (χ4v) is 0.839. The van der Waals surface area contributed by atoms with E-state index in [2.05, 4.69) is 22.7 Å². The van der Waals surface area contributed by atoms with E-state index < -0.39 is 0 Å². The Bertz CT molecular complexity index is 161. The van der Waals surface area contributed by atoms with Gasteiger partial charge in [0.25, 0.3) is 0 Å². The third-order valence-corrected chi connectivity index (χ3v) is 1.43. The predicted octanol–water partition coefficient (Wildman–Crippen LogP) is -0.362. The minimum Gasteiger partial charge on any atom is -0.468 e. The third-order valence-electron chi connectivity index (χ3n) is 1.21. The number of hydrogen-bond donors (Lipinski definition) is 2. The molecule has 1 N–H and O–H groups in total. The lowest BCUT2D eigenvalue weighted by Gasteiger charge is -2.00. The van der Waals surface area contributed by atoms with Gasteiger partial charge >= 0.3 is 5.97 Å². The van der Waals surface area contributed by atoms with Gasteiger partial charge in [0.2, 0.25) is 0 Å². The van der Waals surface area contributed by atoms with Crippen molar-refractivity contribution in [3.8, 4) is 0 Å². The number of carbonyl (C=O) groups is 2. The summed E-state index contributed by atoms with van der Waals surface area (Å²) >= 11 is 3.90. The van der Waals surface area contributed by atoms with Crippen LogP contribution in [0.3, 0.4) is 0 Å². The normalized spacial score (nSPS) is 9.50. The Kier molecular flexibility index (Phi) is 6.79. The van der Waals surface area contributed by atoms with Gasteiger partial charge in [-0.05, 0) is 5.75 Å². The maximum atomic E-state index is 10.8. The van der Waals surface area contributed by atoms with Crippen LogP contribution in [0, 0.1) is 0 Å². The summed E-state index contributed by atoms with van der Waals surface area (Å²) < 4.78 is 4.36. The van der Waals surface area contributed by atoms with Crippen molar-refractivity contribution in [2.24, 2.45) is 0 Å². The summed E-state index contributed by atoms with van der Waals surface area (Å²) in [4.78, 5) is 21.4. The molecule has 5 heteroatoms. The average molecular weight is 191 g/mol. The Hall–Kier alpha value is -0.550. The minimum absolute atomic E-state index is 0.0499. The number of hydrogen-bond acceptors (Lipinski definition) is 5. The second-order valence-electron chi connectivity index (χ2n) is 2.19. The molecule has 0 aliphatic rings. The highest BCUT2D eigenvalue weighted by atomic mass is 32.1. The van der Waals surface area contributed by atoms with E-state index in [1.807, 2.05) is 0 Å². The molecule has 0 rings (SSSR count). The Labute approximate surface area is 77.1 Å². The van der Waals surface area contributed by atoms with E-state index in [0.29, 0.717) is 12.2 Å². The van der Waals surface area contributed by atoms with Crippen LogP contribution in [0.15, 0.2) is 0 Å². The molecule has 0 aliphatic heterocycles. The lowest BCUT2D eigenvalue weighted by molar-refractivity contribution is -0.139. The topological polar surface area (TPSA) is 55.4 Å². The first-order valence-corrected chi connectivity index (χ1v) is 4.24. The van der Waals surface area contributed by atoms with Gasteiger partial charge in [-0.15, -0.1) is 0 Å². The second-order valence-corrected chi connectivity index (χ2v) is 2.64. The first-order chi connectivity index (χ1) is 5.70. The van der Waals surface area contributed by atoms with Crippen LogP contribution < -0.4 is 5.32 Å². The van der Waals surface area contributed by atoms with E-state index in [4.69, 9.17) is 0 Å². The number of ether oxygens (including phenoxy) is 1. The molecule has 0 aromatic rings. The van der Waals surface area contributed by atoms with Gasteiger partial charge in [0.1, 0.15) is 5.78 Å². The molecule has 0 radical (unpaired) electrons. The van der Waals surface area contributed by atoms with Gasteiger partial charge in [0.15, 0.2) is 0 Å². The molecule has 12 heavy (non-hydrogen) atoms. The van der Waals surface area contributed by atoms with Crippen LogP contribution >= 0.6 is 12.6 Å². The van der Waals surface area contributed by atoms with Crippen LogP contribution in [0.2, 0.25) is 0 Å². The molecule has 0 atom stereocenters. The van der Waals surface area contributed by atoms with E-state index in [9.17, 15) is 9.59 Å². The first kappa shape index (κ1) is 11.4. The largest absolute Gasteiger partial charge is 0.468 e. The molecule has 0 bridgehead atoms. The Balaban J connectivity index is 3.30. The standard InChI is InChI=1S/C7H13NO3S/c1-11-7(10)5-8-4-6(9)2-3-12/h8,12H,2-5H2,1H3. The summed E-state index contributed by atoms with van der Waals surface area (Å²) in [5.74, 6) is 0.223. The molecule has 4 nitrogen and oxygen atoms in total. The van der Waals surface area contributed by atoms with Gasteiger partial charge in [-0.1, -0.05) is 0 Å². The molecule has 0 saturated heterocycles. The van der Waals surface area contributed by atoms with Crippen LogP contribution in [0.1, 0.15) is 6.42 Å². The average Bonchev–Trinajstić information content (AvgIpc) is 2.04. The highest BCUT2D eigenvalue weighted by Gasteiger charge is 2.02. The van der Waals surface area contributed by atoms with Crippen molar-refractivity contribution in [3.63, 3.8) is 0 Å². The third kappa shape index (κ3) is 6.18.